The highest BCUT2D eigenvalue weighted by Gasteiger charge is 2.10. The van der Waals surface area contributed by atoms with E-state index in [1.54, 1.807) is 0 Å². The molecule has 0 aliphatic heterocycles. The molecular formula is C28H40O2. The lowest BCUT2D eigenvalue weighted by molar-refractivity contribution is -0.134. The molecule has 0 atom stereocenters. The molecule has 0 aromatic heterocycles. The van der Waals surface area contributed by atoms with E-state index in [0.717, 1.165) is 24.0 Å². The first-order chi connectivity index (χ1) is 14.8. The van der Waals surface area contributed by atoms with E-state index in [0.29, 0.717) is 12.2 Å². The zero-order valence-corrected chi connectivity index (χ0v) is 18.9. The molecule has 0 aliphatic rings. The van der Waals surface area contributed by atoms with Crippen molar-refractivity contribution in [2.75, 3.05) is 0 Å². The Morgan fingerprint density at radius 1 is 0.633 bits per heavy atom. The summed E-state index contributed by atoms with van der Waals surface area (Å²) >= 11 is 0. The first-order valence-electron chi connectivity index (χ1n) is 12.2. The van der Waals surface area contributed by atoms with Crippen LogP contribution < -0.4 is 4.74 Å². The lowest BCUT2D eigenvalue weighted by Crippen LogP contribution is -2.08. The van der Waals surface area contributed by atoms with Gasteiger partial charge in [0.1, 0.15) is 5.75 Å². The third-order valence-corrected chi connectivity index (χ3v) is 5.68. The van der Waals surface area contributed by atoms with Gasteiger partial charge >= 0.3 is 5.97 Å². The molecule has 2 aromatic carbocycles. The van der Waals surface area contributed by atoms with Crippen LogP contribution in [0.3, 0.4) is 0 Å². The fourth-order valence-electron chi connectivity index (χ4n) is 3.87. The minimum Gasteiger partial charge on any atom is -0.426 e. The molecule has 0 heterocycles. The summed E-state index contributed by atoms with van der Waals surface area (Å²) in [5, 5.41) is 0. The standard InChI is InChI=1S/C28H40O2/c1-2-3-4-5-6-7-8-9-10-11-12-13-17-24-28(29)30-27-23-19-18-22-26(27)25-20-15-14-16-21-25/h14-16,18-23H,2-13,17,24H2,1H3. The summed E-state index contributed by atoms with van der Waals surface area (Å²) in [5.74, 6) is 0.532. The van der Waals surface area contributed by atoms with E-state index >= 15 is 0 Å². The van der Waals surface area contributed by atoms with Gasteiger partial charge in [0.15, 0.2) is 0 Å². The molecule has 0 radical (unpaired) electrons. The van der Waals surface area contributed by atoms with Gasteiger partial charge < -0.3 is 4.74 Å². The average Bonchev–Trinajstić information content (AvgIpc) is 2.78. The Kier molecular flexibility index (Phi) is 12.7. The van der Waals surface area contributed by atoms with Crippen molar-refractivity contribution in [3.63, 3.8) is 0 Å². The number of carbonyl (C=O) groups excluding carboxylic acids is 1. The van der Waals surface area contributed by atoms with Gasteiger partial charge in [-0.1, -0.05) is 133 Å². The number of para-hydroxylation sites is 1. The van der Waals surface area contributed by atoms with Crippen molar-refractivity contribution in [2.45, 2.75) is 96.8 Å². The largest absolute Gasteiger partial charge is 0.426 e. The zero-order chi connectivity index (χ0) is 21.3. The van der Waals surface area contributed by atoms with Crippen molar-refractivity contribution in [1.29, 1.82) is 0 Å². The Bertz CT molecular complexity index is 693. The van der Waals surface area contributed by atoms with Crippen LogP contribution >= 0.6 is 0 Å². The number of rotatable bonds is 16. The summed E-state index contributed by atoms with van der Waals surface area (Å²) in [6.45, 7) is 2.27. The van der Waals surface area contributed by atoms with Gasteiger partial charge in [0.25, 0.3) is 0 Å². The van der Waals surface area contributed by atoms with E-state index in [4.69, 9.17) is 4.74 Å². The first-order valence-corrected chi connectivity index (χ1v) is 12.2. The van der Waals surface area contributed by atoms with Crippen LogP contribution in [0.4, 0.5) is 0 Å². The number of ether oxygens (including phenoxy) is 1. The molecule has 0 saturated heterocycles. The van der Waals surface area contributed by atoms with E-state index in [-0.39, 0.29) is 5.97 Å². The van der Waals surface area contributed by atoms with E-state index in [2.05, 4.69) is 6.92 Å². The first kappa shape index (κ1) is 24.2. The molecule has 0 aliphatic carbocycles. The van der Waals surface area contributed by atoms with Crippen LogP contribution in [0.2, 0.25) is 0 Å². The normalized spacial score (nSPS) is 10.8. The Labute approximate surface area is 184 Å². The summed E-state index contributed by atoms with van der Waals surface area (Å²) in [7, 11) is 0. The van der Waals surface area contributed by atoms with Crippen molar-refractivity contribution in [1.82, 2.24) is 0 Å². The molecule has 2 rings (SSSR count). The van der Waals surface area contributed by atoms with Gasteiger partial charge in [0.2, 0.25) is 0 Å². The SMILES string of the molecule is CCCCCCCCCCCCCCCC(=O)Oc1ccccc1-c1ccccc1. The fraction of sp³-hybridized carbons (Fsp3) is 0.536. The van der Waals surface area contributed by atoms with Crippen LogP contribution in [0.25, 0.3) is 11.1 Å². The summed E-state index contributed by atoms with van der Waals surface area (Å²) in [5.41, 5.74) is 2.04. The maximum absolute atomic E-state index is 12.3. The highest BCUT2D eigenvalue weighted by Crippen LogP contribution is 2.29. The van der Waals surface area contributed by atoms with Crippen LogP contribution in [-0.4, -0.2) is 5.97 Å². The molecular weight excluding hydrogens is 368 g/mol. The maximum atomic E-state index is 12.3. The molecule has 30 heavy (non-hydrogen) atoms. The van der Waals surface area contributed by atoms with E-state index in [9.17, 15) is 4.79 Å². The van der Waals surface area contributed by atoms with Crippen LogP contribution in [-0.2, 0) is 4.79 Å². The monoisotopic (exact) mass is 408 g/mol. The molecule has 0 saturated carbocycles. The van der Waals surface area contributed by atoms with E-state index in [1.807, 2.05) is 54.6 Å². The third-order valence-electron chi connectivity index (χ3n) is 5.68. The summed E-state index contributed by atoms with van der Waals surface area (Å²) < 4.78 is 5.67. The van der Waals surface area contributed by atoms with Crippen LogP contribution in [0.1, 0.15) is 96.8 Å². The minimum atomic E-state index is -0.124. The average molecular weight is 409 g/mol. The molecule has 0 spiro atoms. The lowest BCUT2D eigenvalue weighted by atomic mass is 10.0. The van der Waals surface area contributed by atoms with Gasteiger partial charge in [0.05, 0.1) is 0 Å². The maximum Gasteiger partial charge on any atom is 0.311 e. The molecule has 0 amide bonds. The minimum absolute atomic E-state index is 0.124. The Balaban J connectivity index is 1.53. The lowest BCUT2D eigenvalue weighted by Gasteiger charge is -2.10. The summed E-state index contributed by atoms with van der Waals surface area (Å²) in [6.07, 6.45) is 17.5. The predicted octanol–water partition coefficient (Wildman–Crippen LogP) is 8.74. The number of hydrogen-bond acceptors (Lipinski definition) is 2. The van der Waals surface area contributed by atoms with Crippen molar-refractivity contribution in [2.24, 2.45) is 0 Å². The Morgan fingerprint density at radius 3 is 1.73 bits per heavy atom. The van der Waals surface area contributed by atoms with Crippen molar-refractivity contribution in [3.05, 3.63) is 54.6 Å². The Hall–Kier alpha value is -2.09. The van der Waals surface area contributed by atoms with Crippen LogP contribution in [0.5, 0.6) is 5.75 Å². The van der Waals surface area contributed by atoms with Crippen molar-refractivity contribution in [3.8, 4) is 16.9 Å². The molecule has 2 aromatic rings. The fourth-order valence-corrected chi connectivity index (χ4v) is 3.87. The zero-order valence-electron chi connectivity index (χ0n) is 18.9. The highest BCUT2D eigenvalue weighted by molar-refractivity contribution is 5.77. The third kappa shape index (κ3) is 10.1. The van der Waals surface area contributed by atoms with Crippen molar-refractivity contribution < 1.29 is 9.53 Å². The van der Waals surface area contributed by atoms with E-state index in [1.165, 1.54) is 70.6 Å². The second-order valence-corrected chi connectivity index (χ2v) is 8.33. The summed E-state index contributed by atoms with van der Waals surface area (Å²) in [4.78, 5) is 12.3. The molecule has 2 heteroatoms. The second-order valence-electron chi connectivity index (χ2n) is 8.33. The van der Waals surface area contributed by atoms with Gasteiger partial charge in [0, 0.05) is 12.0 Å². The molecule has 0 N–H and O–H groups in total. The highest BCUT2D eigenvalue weighted by atomic mass is 16.5. The molecule has 2 nitrogen and oxygen atoms in total. The van der Waals surface area contributed by atoms with Gasteiger partial charge in [-0.2, -0.15) is 0 Å². The summed E-state index contributed by atoms with van der Waals surface area (Å²) in [6, 6.07) is 17.9. The van der Waals surface area contributed by atoms with E-state index < -0.39 is 0 Å². The van der Waals surface area contributed by atoms with Crippen LogP contribution in [0, 0.1) is 0 Å². The number of benzene rings is 2. The van der Waals surface area contributed by atoms with Gasteiger partial charge in [-0.3, -0.25) is 4.79 Å². The number of carbonyl (C=O) groups is 1. The number of hydrogen-bond donors (Lipinski definition) is 0. The quantitative estimate of drug-likeness (QED) is 0.158. The number of unbranched alkanes of at least 4 members (excludes halogenated alkanes) is 12. The predicted molar refractivity (Wildman–Crippen MR) is 128 cm³/mol. The topological polar surface area (TPSA) is 26.3 Å². The van der Waals surface area contributed by atoms with Crippen molar-refractivity contribution >= 4 is 5.97 Å². The van der Waals surface area contributed by atoms with Gasteiger partial charge in [-0.15, -0.1) is 0 Å². The second kappa shape index (κ2) is 15.7. The number of esters is 1. The molecule has 0 unspecified atom stereocenters. The van der Waals surface area contributed by atoms with Gasteiger partial charge in [-0.05, 0) is 18.1 Å². The molecule has 0 bridgehead atoms. The molecule has 0 fully saturated rings. The van der Waals surface area contributed by atoms with Gasteiger partial charge in [-0.25, -0.2) is 0 Å². The van der Waals surface area contributed by atoms with Crippen LogP contribution in [0.15, 0.2) is 54.6 Å². The Morgan fingerprint density at radius 2 is 1.13 bits per heavy atom. The molecule has 164 valence electrons. The smallest absolute Gasteiger partial charge is 0.311 e.